The molecule has 1 aliphatic carbocycles. The standard InChI is InChI=1S/C9H11F3N2OS/c10-9(11,12)6-4-2-1-3-5(6)7-13-14-8(16)15-7/h5-6H,1-4H2,(H,14,16). The van der Waals surface area contributed by atoms with Gasteiger partial charge in [0.25, 0.3) is 4.84 Å². The molecule has 1 heterocycles. The van der Waals surface area contributed by atoms with E-state index in [1.54, 1.807) is 0 Å². The van der Waals surface area contributed by atoms with Crippen molar-refractivity contribution in [3.8, 4) is 0 Å². The molecule has 0 amide bonds. The number of nitrogens with one attached hydrogen (secondary N) is 1. The molecule has 0 bridgehead atoms. The lowest BCUT2D eigenvalue weighted by Gasteiger charge is -2.30. The van der Waals surface area contributed by atoms with Gasteiger partial charge in [0, 0.05) is 5.92 Å². The smallest absolute Gasteiger partial charge is 0.392 e. The Kier molecular flexibility index (Phi) is 3.05. The van der Waals surface area contributed by atoms with Crippen molar-refractivity contribution in [1.82, 2.24) is 10.2 Å². The molecule has 16 heavy (non-hydrogen) atoms. The zero-order valence-electron chi connectivity index (χ0n) is 8.38. The normalized spacial score (nSPS) is 26.9. The highest BCUT2D eigenvalue weighted by Crippen LogP contribution is 2.45. The van der Waals surface area contributed by atoms with Crippen LogP contribution in [0.15, 0.2) is 4.42 Å². The monoisotopic (exact) mass is 252 g/mol. The van der Waals surface area contributed by atoms with Crippen LogP contribution in [-0.2, 0) is 0 Å². The Morgan fingerprint density at radius 1 is 1.31 bits per heavy atom. The van der Waals surface area contributed by atoms with E-state index in [0.717, 1.165) is 6.42 Å². The minimum absolute atomic E-state index is 0.0292. The van der Waals surface area contributed by atoms with Crippen molar-refractivity contribution in [2.75, 3.05) is 0 Å². The first-order chi connectivity index (χ1) is 7.48. The van der Waals surface area contributed by atoms with E-state index in [2.05, 4.69) is 22.4 Å². The number of nitrogens with zero attached hydrogens (tertiary/aromatic N) is 1. The number of halogens is 3. The summed E-state index contributed by atoms with van der Waals surface area (Å²) < 4.78 is 43.3. The molecule has 0 aliphatic heterocycles. The van der Waals surface area contributed by atoms with Crippen LogP contribution >= 0.6 is 12.2 Å². The maximum Gasteiger partial charge on any atom is 0.392 e. The molecule has 1 aromatic heterocycles. The number of hydrogen-bond donors (Lipinski definition) is 1. The van der Waals surface area contributed by atoms with E-state index in [1.165, 1.54) is 0 Å². The van der Waals surface area contributed by atoms with Gasteiger partial charge in [-0.2, -0.15) is 13.2 Å². The van der Waals surface area contributed by atoms with Gasteiger partial charge in [0.15, 0.2) is 0 Å². The fraction of sp³-hybridized carbons (Fsp3) is 0.778. The Hall–Kier alpha value is -0.850. The molecule has 2 rings (SSSR count). The summed E-state index contributed by atoms with van der Waals surface area (Å²) in [7, 11) is 0. The van der Waals surface area contributed by atoms with Gasteiger partial charge in [0.05, 0.1) is 5.92 Å². The van der Waals surface area contributed by atoms with Crippen molar-refractivity contribution in [2.45, 2.75) is 37.8 Å². The molecule has 0 spiro atoms. The minimum Gasteiger partial charge on any atom is -0.414 e. The van der Waals surface area contributed by atoms with Crippen LogP contribution in [0.5, 0.6) is 0 Å². The summed E-state index contributed by atoms with van der Waals surface area (Å²) in [6, 6.07) is 0. The first-order valence-electron chi connectivity index (χ1n) is 5.10. The first kappa shape index (κ1) is 11.6. The predicted octanol–water partition coefficient (Wildman–Crippen LogP) is 3.57. The minimum atomic E-state index is -4.19. The SMILES string of the molecule is FC(F)(F)C1CCCCC1c1n[nH]c(=S)o1. The van der Waals surface area contributed by atoms with Crippen LogP contribution in [0.1, 0.15) is 37.5 Å². The average molecular weight is 252 g/mol. The van der Waals surface area contributed by atoms with Crippen LogP contribution in [0.25, 0.3) is 0 Å². The van der Waals surface area contributed by atoms with Crippen molar-refractivity contribution in [3.05, 3.63) is 10.7 Å². The first-order valence-corrected chi connectivity index (χ1v) is 5.51. The summed E-state index contributed by atoms with van der Waals surface area (Å²) in [5.74, 6) is -1.96. The van der Waals surface area contributed by atoms with Crippen LogP contribution in [0, 0.1) is 10.8 Å². The van der Waals surface area contributed by atoms with E-state index >= 15 is 0 Å². The van der Waals surface area contributed by atoms with Crippen molar-refractivity contribution in [2.24, 2.45) is 5.92 Å². The van der Waals surface area contributed by atoms with Gasteiger partial charge in [0.1, 0.15) is 0 Å². The third-order valence-electron chi connectivity index (χ3n) is 2.96. The molecule has 2 atom stereocenters. The molecule has 0 aromatic carbocycles. The lowest BCUT2D eigenvalue weighted by molar-refractivity contribution is -0.188. The summed E-state index contributed by atoms with van der Waals surface area (Å²) >= 11 is 4.67. The molecule has 1 saturated carbocycles. The average Bonchev–Trinajstić information content (AvgIpc) is 2.64. The fourth-order valence-corrected chi connectivity index (χ4v) is 2.35. The van der Waals surface area contributed by atoms with E-state index in [1.807, 2.05) is 0 Å². The Morgan fingerprint density at radius 3 is 2.56 bits per heavy atom. The third kappa shape index (κ3) is 2.28. The van der Waals surface area contributed by atoms with Crippen LogP contribution in [0.4, 0.5) is 13.2 Å². The number of aromatic amines is 1. The number of aromatic nitrogens is 2. The number of alkyl halides is 3. The summed E-state index contributed by atoms with van der Waals surface area (Å²) in [5, 5.41) is 6.08. The molecule has 2 unspecified atom stereocenters. The van der Waals surface area contributed by atoms with E-state index in [9.17, 15) is 13.2 Å². The van der Waals surface area contributed by atoms with Crippen molar-refractivity contribution in [1.29, 1.82) is 0 Å². The second-order valence-electron chi connectivity index (χ2n) is 3.99. The van der Waals surface area contributed by atoms with Crippen molar-refractivity contribution >= 4 is 12.2 Å². The van der Waals surface area contributed by atoms with E-state index in [4.69, 9.17) is 4.42 Å². The van der Waals surface area contributed by atoms with Gasteiger partial charge >= 0.3 is 6.18 Å². The molecule has 1 aliphatic rings. The lowest BCUT2D eigenvalue weighted by Crippen LogP contribution is -2.31. The molecule has 0 saturated heterocycles. The maximum atomic E-state index is 12.8. The molecular formula is C9H11F3N2OS. The summed E-state index contributed by atoms with van der Waals surface area (Å²) in [6.45, 7) is 0. The molecule has 3 nitrogen and oxygen atoms in total. The quantitative estimate of drug-likeness (QED) is 0.777. The van der Waals surface area contributed by atoms with Crippen molar-refractivity contribution in [3.63, 3.8) is 0 Å². The fourth-order valence-electron chi connectivity index (χ4n) is 2.22. The van der Waals surface area contributed by atoms with Crippen LogP contribution in [0.3, 0.4) is 0 Å². The Labute approximate surface area is 95.0 Å². The van der Waals surface area contributed by atoms with Gasteiger partial charge in [-0.1, -0.05) is 12.8 Å². The number of H-pyrrole nitrogens is 1. The van der Waals surface area contributed by atoms with E-state index < -0.39 is 18.0 Å². The third-order valence-corrected chi connectivity index (χ3v) is 3.13. The van der Waals surface area contributed by atoms with Gasteiger partial charge in [-0.15, -0.1) is 5.10 Å². The molecule has 1 aromatic rings. The summed E-state index contributed by atoms with van der Waals surface area (Å²) in [4.78, 5) is 0.0292. The molecule has 1 fully saturated rings. The molecule has 90 valence electrons. The highest BCUT2D eigenvalue weighted by atomic mass is 32.1. The highest BCUT2D eigenvalue weighted by Gasteiger charge is 2.47. The largest absolute Gasteiger partial charge is 0.414 e. The summed E-state index contributed by atoms with van der Waals surface area (Å²) in [5.41, 5.74) is 0. The number of hydrogen-bond acceptors (Lipinski definition) is 3. The van der Waals surface area contributed by atoms with Crippen molar-refractivity contribution < 1.29 is 17.6 Å². The Morgan fingerprint density at radius 2 is 2.00 bits per heavy atom. The van der Waals surface area contributed by atoms with Crippen LogP contribution in [-0.4, -0.2) is 16.4 Å². The van der Waals surface area contributed by atoms with Gasteiger partial charge in [0.2, 0.25) is 5.89 Å². The molecule has 1 N–H and O–H groups in total. The van der Waals surface area contributed by atoms with Gasteiger partial charge < -0.3 is 4.42 Å². The van der Waals surface area contributed by atoms with Gasteiger partial charge in [-0.25, -0.2) is 5.10 Å². The second kappa shape index (κ2) is 4.20. The molecule has 0 radical (unpaired) electrons. The zero-order chi connectivity index (χ0) is 11.8. The van der Waals surface area contributed by atoms with E-state index in [-0.39, 0.29) is 17.1 Å². The number of rotatable bonds is 1. The van der Waals surface area contributed by atoms with E-state index in [0.29, 0.717) is 12.8 Å². The predicted molar refractivity (Wildman–Crippen MR) is 52.4 cm³/mol. The second-order valence-corrected chi connectivity index (χ2v) is 4.36. The Balaban J connectivity index is 2.26. The highest BCUT2D eigenvalue weighted by molar-refractivity contribution is 7.71. The molecular weight excluding hydrogens is 241 g/mol. The van der Waals surface area contributed by atoms with Gasteiger partial charge in [-0.05, 0) is 25.1 Å². The zero-order valence-corrected chi connectivity index (χ0v) is 9.20. The molecule has 7 heteroatoms. The maximum absolute atomic E-state index is 12.8. The topological polar surface area (TPSA) is 41.8 Å². The van der Waals surface area contributed by atoms with Crippen LogP contribution in [0.2, 0.25) is 0 Å². The van der Waals surface area contributed by atoms with Crippen LogP contribution < -0.4 is 0 Å². The van der Waals surface area contributed by atoms with Gasteiger partial charge in [-0.3, -0.25) is 0 Å². The Bertz CT molecular complexity index is 411. The summed E-state index contributed by atoms with van der Waals surface area (Å²) in [6.07, 6.45) is -2.23. The lowest BCUT2D eigenvalue weighted by atomic mass is 9.79.